The van der Waals surface area contributed by atoms with Crippen LogP contribution in [0.4, 0.5) is 14.9 Å². The lowest BCUT2D eigenvalue weighted by Crippen LogP contribution is -2.55. The van der Waals surface area contributed by atoms with Gasteiger partial charge >= 0.3 is 6.09 Å². The maximum atomic E-state index is 15.1. The summed E-state index contributed by atoms with van der Waals surface area (Å²) in [6, 6.07) is 14.6. The molecule has 1 aromatic heterocycles. The minimum Gasteiger partial charge on any atom is -0.446 e. The van der Waals surface area contributed by atoms with Crippen LogP contribution in [0.5, 0.6) is 0 Å². The second kappa shape index (κ2) is 14.1. The smallest absolute Gasteiger partial charge is 0.407 e. The molecule has 2 aromatic carbocycles. The number of ether oxygens (including phenoxy) is 1. The molecule has 0 bridgehead atoms. The number of nitrogens with one attached hydrogen (secondary N) is 1. The van der Waals surface area contributed by atoms with E-state index in [1.807, 2.05) is 30.6 Å². The van der Waals surface area contributed by atoms with Crippen molar-refractivity contribution in [2.24, 2.45) is 17.8 Å². The third-order valence-corrected chi connectivity index (χ3v) is 14.1. The molecule has 3 heterocycles. The summed E-state index contributed by atoms with van der Waals surface area (Å²) in [7, 11) is -1.57. The number of hydrogen-bond donors (Lipinski definition) is 1. The molecule has 4 fully saturated rings. The van der Waals surface area contributed by atoms with Gasteiger partial charge in [-0.2, -0.15) is 0 Å². The Morgan fingerprint density at radius 2 is 1.80 bits per heavy atom. The molecule has 0 unspecified atom stereocenters. The number of aryl methyl sites for hydroxylation is 1. The Morgan fingerprint density at radius 1 is 1.04 bits per heavy atom. The molecule has 7 rings (SSSR count). The molecule has 3 atom stereocenters. The molecule has 0 radical (unpaired) electrons. The first kappa shape index (κ1) is 34.0. The highest BCUT2D eigenvalue weighted by molar-refractivity contribution is 7.92. The normalized spacial score (nSPS) is 23.6. The summed E-state index contributed by atoms with van der Waals surface area (Å²) in [5.41, 5.74) is 1.63. The first-order valence-corrected chi connectivity index (χ1v) is 19.7. The van der Waals surface area contributed by atoms with Gasteiger partial charge in [-0.1, -0.05) is 19.1 Å². The molecule has 2 saturated heterocycles. The number of anilines is 1. The molecule has 2 saturated carbocycles. The van der Waals surface area contributed by atoms with Crippen LogP contribution in [0.25, 0.3) is 0 Å². The summed E-state index contributed by atoms with van der Waals surface area (Å²) in [5, 5.41) is 2.46. The third-order valence-electron chi connectivity index (χ3n) is 11.8. The third kappa shape index (κ3) is 6.85. The fourth-order valence-electron chi connectivity index (χ4n) is 9.11. The number of aromatic nitrogens is 2. The van der Waals surface area contributed by atoms with Crippen LogP contribution >= 0.6 is 0 Å². The van der Waals surface area contributed by atoms with E-state index in [1.165, 1.54) is 6.07 Å². The minimum atomic E-state index is -3.17. The van der Waals surface area contributed by atoms with Crippen LogP contribution in [-0.2, 0) is 33.0 Å². The van der Waals surface area contributed by atoms with Crippen molar-refractivity contribution in [3.63, 3.8) is 0 Å². The van der Waals surface area contributed by atoms with Crippen molar-refractivity contribution in [2.75, 3.05) is 44.7 Å². The second-order valence-corrected chi connectivity index (χ2v) is 16.9. The van der Waals surface area contributed by atoms with Crippen LogP contribution < -0.4 is 10.2 Å². The summed E-state index contributed by atoms with van der Waals surface area (Å²) in [6.07, 6.45) is 10.2. The number of amides is 1. The Kier molecular flexibility index (Phi) is 9.76. The maximum Gasteiger partial charge on any atom is 0.407 e. The van der Waals surface area contributed by atoms with E-state index in [0.29, 0.717) is 17.4 Å². The summed E-state index contributed by atoms with van der Waals surface area (Å²) in [5.74, 6) is 1.63. The molecule has 11 heteroatoms. The number of carbonyl (C=O) groups is 1. The average Bonchev–Trinajstić information content (AvgIpc) is 3.72. The highest BCUT2D eigenvalue weighted by atomic mass is 32.2. The predicted molar refractivity (Wildman–Crippen MR) is 188 cm³/mol. The van der Waals surface area contributed by atoms with E-state index < -0.39 is 21.3 Å². The zero-order valence-electron chi connectivity index (χ0n) is 28.8. The van der Waals surface area contributed by atoms with E-state index in [0.717, 1.165) is 101 Å². The molecule has 4 aliphatic rings. The lowest BCUT2D eigenvalue weighted by Gasteiger charge is -2.51. The summed E-state index contributed by atoms with van der Waals surface area (Å²) in [6.45, 7) is 7.66. The van der Waals surface area contributed by atoms with Crippen LogP contribution in [-0.4, -0.2) is 80.1 Å². The van der Waals surface area contributed by atoms with Gasteiger partial charge in [-0.05, 0) is 106 Å². The molecular weight excluding hydrogens is 642 g/mol. The van der Waals surface area contributed by atoms with Crippen molar-refractivity contribution in [2.45, 2.75) is 86.5 Å². The second-order valence-electron chi connectivity index (χ2n) is 14.7. The Balaban J connectivity index is 1.07. The Bertz CT molecular complexity index is 1710. The van der Waals surface area contributed by atoms with E-state index in [2.05, 4.69) is 37.7 Å². The molecule has 2 aliphatic carbocycles. The number of hydrogen-bond acceptors (Lipinski definition) is 7. The van der Waals surface area contributed by atoms with Crippen molar-refractivity contribution < 1.29 is 22.3 Å². The maximum absolute atomic E-state index is 15.1. The quantitative estimate of drug-likeness (QED) is 0.255. The lowest BCUT2D eigenvalue weighted by atomic mass is 9.58. The van der Waals surface area contributed by atoms with Crippen molar-refractivity contribution in [1.29, 1.82) is 0 Å². The molecule has 1 amide bonds. The van der Waals surface area contributed by atoms with Crippen molar-refractivity contribution in [3.8, 4) is 0 Å². The van der Waals surface area contributed by atoms with Gasteiger partial charge in [-0.15, -0.1) is 0 Å². The highest BCUT2D eigenvalue weighted by Crippen LogP contribution is 2.52. The first-order chi connectivity index (χ1) is 23.7. The van der Waals surface area contributed by atoms with Gasteiger partial charge in [0.25, 0.3) is 0 Å². The predicted octanol–water partition coefficient (Wildman–Crippen LogP) is 5.83. The van der Waals surface area contributed by atoms with E-state index in [4.69, 9.17) is 4.74 Å². The molecule has 1 N–H and O–H groups in total. The number of likely N-dealkylation sites (tertiary alicyclic amines) is 1. The van der Waals surface area contributed by atoms with Gasteiger partial charge in [0.05, 0.1) is 10.1 Å². The standard InChI is InChI=1S/C38H50FN5O4S/c1-3-36-41-18-21-43(36)26-38(29-6-4-7-30(39)22-29,34-8-5-9-35(34)48-37(45)40-2)28-16-19-42(20-17-28)23-27-24-44(25-27)31-10-12-32(13-11-31)49(46,47)33-14-15-33/h4,6-7,10-13,18,21-22,27-28,33-35H,3,5,8-9,14-17,19-20,23-26H2,1-2H3,(H,40,45)/t34-,35-,38-/m0/s1. The fourth-order valence-corrected chi connectivity index (χ4v) is 10.8. The van der Waals surface area contributed by atoms with Crippen LogP contribution in [0.15, 0.2) is 65.8 Å². The molecule has 49 heavy (non-hydrogen) atoms. The molecule has 9 nitrogen and oxygen atoms in total. The Morgan fingerprint density at radius 3 is 2.47 bits per heavy atom. The number of benzene rings is 2. The van der Waals surface area contributed by atoms with Crippen LogP contribution in [0.3, 0.4) is 0 Å². The lowest BCUT2D eigenvalue weighted by molar-refractivity contribution is 0.00161. The van der Waals surface area contributed by atoms with Crippen LogP contribution in [0.2, 0.25) is 0 Å². The molecule has 3 aromatic rings. The minimum absolute atomic E-state index is 0.0427. The molecule has 2 aliphatic heterocycles. The number of alkyl carbamates (subject to hydrolysis) is 1. The number of sulfone groups is 1. The first-order valence-electron chi connectivity index (χ1n) is 18.2. The number of halogens is 1. The van der Waals surface area contributed by atoms with Crippen molar-refractivity contribution in [1.82, 2.24) is 19.8 Å². The summed E-state index contributed by atoms with van der Waals surface area (Å²) >= 11 is 0. The van der Waals surface area contributed by atoms with Crippen LogP contribution in [0, 0.1) is 23.6 Å². The number of nitrogens with zero attached hydrogens (tertiary/aromatic N) is 4. The largest absolute Gasteiger partial charge is 0.446 e. The van der Waals surface area contributed by atoms with Crippen molar-refractivity contribution >= 4 is 21.6 Å². The van der Waals surface area contributed by atoms with Crippen LogP contribution in [0.1, 0.15) is 63.3 Å². The number of piperidine rings is 1. The van der Waals surface area contributed by atoms with Gasteiger partial charge in [0.1, 0.15) is 17.7 Å². The van der Waals surface area contributed by atoms with Crippen molar-refractivity contribution in [3.05, 3.63) is 78.1 Å². The summed E-state index contributed by atoms with van der Waals surface area (Å²) < 4.78 is 48.6. The number of carbonyl (C=O) groups excluding carboxylic acids is 1. The van der Waals surface area contributed by atoms with E-state index >= 15 is 4.39 Å². The Labute approximate surface area is 290 Å². The average molecular weight is 692 g/mol. The SMILES string of the molecule is CCc1nccn1C[C@@](c1cccc(F)c1)(C1CCN(CC2CN(c3ccc(S(=O)(=O)C4CC4)cc3)C2)CC1)[C@H]1CCC[C@@H]1OC(=O)NC. The van der Waals surface area contributed by atoms with Gasteiger partial charge in [0.2, 0.25) is 0 Å². The van der Waals surface area contributed by atoms with Gasteiger partial charge in [-0.25, -0.2) is 22.6 Å². The van der Waals surface area contributed by atoms with Gasteiger partial charge < -0.3 is 24.4 Å². The van der Waals surface area contributed by atoms with Gasteiger partial charge in [-0.3, -0.25) is 0 Å². The number of rotatable bonds is 12. The zero-order valence-corrected chi connectivity index (χ0v) is 29.6. The van der Waals surface area contributed by atoms with E-state index in [9.17, 15) is 13.2 Å². The highest BCUT2D eigenvalue weighted by Gasteiger charge is 2.53. The molecule has 0 spiro atoms. The van der Waals surface area contributed by atoms with E-state index in [1.54, 1.807) is 25.2 Å². The number of imidazole rings is 1. The molecular formula is C38H50FN5O4S. The fraction of sp³-hybridized carbons (Fsp3) is 0.579. The van der Waals surface area contributed by atoms with Gasteiger partial charge in [0, 0.05) is 75.0 Å². The summed E-state index contributed by atoms with van der Waals surface area (Å²) in [4.78, 5) is 22.6. The molecule has 264 valence electrons. The topological polar surface area (TPSA) is 96.8 Å². The van der Waals surface area contributed by atoms with E-state index in [-0.39, 0.29) is 29.0 Å². The Hall–Kier alpha value is -3.44. The van der Waals surface area contributed by atoms with Gasteiger partial charge in [0.15, 0.2) is 9.84 Å². The zero-order chi connectivity index (χ0) is 34.2. The monoisotopic (exact) mass is 691 g/mol.